The predicted molar refractivity (Wildman–Crippen MR) is 143 cm³/mol. The minimum atomic E-state index is -0.109. The van der Waals surface area contributed by atoms with Crippen LogP contribution in [0.15, 0.2) is 52.3 Å². The van der Waals surface area contributed by atoms with Gasteiger partial charge in [-0.15, -0.1) is 34.6 Å². The van der Waals surface area contributed by atoms with Crippen molar-refractivity contribution in [3.05, 3.63) is 62.7 Å². The van der Waals surface area contributed by atoms with Crippen LogP contribution in [0.1, 0.15) is 30.7 Å². The van der Waals surface area contributed by atoms with Crippen LogP contribution in [0.2, 0.25) is 0 Å². The third-order valence-corrected chi connectivity index (χ3v) is 6.84. The van der Waals surface area contributed by atoms with Crippen LogP contribution in [0.4, 0.5) is 0 Å². The summed E-state index contributed by atoms with van der Waals surface area (Å²) >= 11 is 12.7. The standard InChI is InChI=1S/C19H15ClN2O3S.C7H5NS.2Ni/c1-25-17-10-22-18(20)9-16(17)15-7-12(2-3-19-21-4-5-26-19)6-14(24)8-13(15)11-23;1-9-7(8)5-4-6-2-3-6;;/h4-5,7-9,12H,2-3,6H2,1H3;6H,2-3H2;;/q;-2;;+2. The van der Waals surface area contributed by atoms with Gasteiger partial charge in [0.25, 0.3) is 0 Å². The second kappa shape index (κ2) is 16.0. The van der Waals surface area contributed by atoms with Crippen LogP contribution in [0.3, 0.4) is 0 Å². The summed E-state index contributed by atoms with van der Waals surface area (Å²) in [6, 6.07) is 0. The van der Waals surface area contributed by atoms with E-state index in [-0.39, 0.29) is 44.0 Å². The van der Waals surface area contributed by atoms with Gasteiger partial charge in [0, 0.05) is 35.7 Å². The van der Waals surface area contributed by atoms with Crippen LogP contribution in [0, 0.1) is 23.7 Å². The third-order valence-electron chi connectivity index (χ3n) is 5.14. The van der Waals surface area contributed by atoms with Crippen LogP contribution in [-0.2, 0) is 52.3 Å². The molecule has 0 saturated heterocycles. The Bertz CT molecular complexity index is 1310. The Hall–Kier alpha value is -2.05. The fourth-order valence-electron chi connectivity index (χ4n) is 3.32. The molecule has 0 aromatic carbocycles. The summed E-state index contributed by atoms with van der Waals surface area (Å²) in [5, 5.41) is 12.1. The molecule has 1 saturated carbocycles. The van der Waals surface area contributed by atoms with Gasteiger partial charge in [-0.25, -0.2) is 4.98 Å². The zero-order chi connectivity index (χ0) is 25.9. The summed E-state index contributed by atoms with van der Waals surface area (Å²) in [4.78, 5) is 28.0. The van der Waals surface area contributed by atoms with Crippen molar-refractivity contribution in [2.75, 3.05) is 7.11 Å². The van der Waals surface area contributed by atoms with Crippen LogP contribution in [0.5, 0.6) is 0 Å². The fourth-order valence-corrected chi connectivity index (χ4v) is 4.56. The first-order chi connectivity index (χ1) is 17.4. The first kappa shape index (κ1) is 31.2. The van der Waals surface area contributed by atoms with Gasteiger partial charge in [-0.2, -0.15) is 0 Å². The van der Waals surface area contributed by atoms with Gasteiger partial charge in [0.15, 0.2) is 0 Å². The number of ketones is 1. The number of hydrogen-bond donors (Lipinski definition) is 0. The minimum Gasteiger partial charge on any atom is 2.00 e. The molecule has 11 heteroatoms. The van der Waals surface area contributed by atoms with Crippen molar-refractivity contribution in [3.63, 3.8) is 0 Å². The first-order valence-corrected chi connectivity index (χ1v) is 13.4. The van der Waals surface area contributed by atoms with Crippen LogP contribution < -0.4 is 4.67 Å². The molecule has 1 fully saturated rings. The number of rotatable bonds is 7. The summed E-state index contributed by atoms with van der Waals surface area (Å²) in [7, 11) is 1.49. The van der Waals surface area contributed by atoms with E-state index in [4.69, 9.17) is 21.7 Å². The Balaban J connectivity index is 0.000000369. The van der Waals surface area contributed by atoms with Crippen LogP contribution >= 0.6 is 34.7 Å². The van der Waals surface area contributed by atoms with Crippen molar-refractivity contribution < 1.29 is 45.8 Å². The van der Waals surface area contributed by atoms with Gasteiger partial charge in [-0.3, -0.25) is 0 Å². The van der Waals surface area contributed by atoms with E-state index in [0.717, 1.165) is 29.6 Å². The molecule has 37 heavy (non-hydrogen) atoms. The molecule has 0 amide bonds. The molecule has 0 bridgehead atoms. The third kappa shape index (κ3) is 10.3. The molecule has 1 unspecified atom stereocenters. The van der Waals surface area contributed by atoms with Crippen molar-refractivity contribution in [2.45, 2.75) is 32.1 Å². The van der Waals surface area contributed by atoms with Gasteiger partial charge in [0.05, 0.1) is 18.4 Å². The Morgan fingerprint density at radius 3 is 2.84 bits per heavy atom. The molecule has 196 valence electrons. The average molecular weight is 639 g/mol. The number of thioether (sulfide) groups is 1. The number of halogens is 1. The zero-order valence-electron chi connectivity index (χ0n) is 19.5. The van der Waals surface area contributed by atoms with Gasteiger partial charge in [-0.05, 0) is 29.0 Å². The summed E-state index contributed by atoms with van der Waals surface area (Å²) in [6.07, 6.45) is 12.7. The van der Waals surface area contributed by atoms with E-state index in [9.17, 15) is 9.59 Å². The summed E-state index contributed by atoms with van der Waals surface area (Å²) < 4.78 is 11.5. The summed E-state index contributed by atoms with van der Waals surface area (Å²) in [5.74, 6) is 8.94. The number of methoxy groups -OCH3 is 1. The molecule has 0 radical (unpaired) electrons. The van der Waals surface area contributed by atoms with E-state index in [2.05, 4.69) is 46.7 Å². The maximum Gasteiger partial charge on any atom is 2.00 e. The molecular formula is C26H20ClN3Ni2O3S2. The molecule has 2 heterocycles. The average Bonchev–Trinajstić information content (AvgIpc) is 3.59. The Morgan fingerprint density at radius 1 is 1.43 bits per heavy atom. The van der Waals surface area contributed by atoms with Crippen molar-refractivity contribution in [1.29, 1.82) is 0 Å². The largest absolute Gasteiger partial charge is 2.00 e. The smallest absolute Gasteiger partial charge is 2.00 e. The first-order valence-electron chi connectivity index (χ1n) is 10.9. The second-order valence-corrected chi connectivity index (χ2v) is 10.5. The predicted octanol–water partition coefficient (Wildman–Crippen LogP) is 3.75. The number of nitrogens with zero attached hydrogens (tertiary/aromatic N) is 3. The maximum absolute atomic E-state index is 12.2. The van der Waals surface area contributed by atoms with E-state index in [1.54, 1.807) is 23.6 Å². The number of allylic oxidation sites excluding steroid dienone is 5. The quantitative estimate of drug-likeness (QED) is 0.113. The normalized spacial score (nSPS) is 18.0. The molecule has 2 aliphatic carbocycles. The van der Waals surface area contributed by atoms with Gasteiger partial charge < -0.3 is 14.3 Å². The molecule has 4 rings (SSSR count). The Labute approximate surface area is 246 Å². The Kier molecular flexibility index (Phi) is 13.5. The van der Waals surface area contributed by atoms with Crippen molar-refractivity contribution in [1.82, 2.24) is 9.65 Å². The maximum atomic E-state index is 12.2. The molecule has 0 spiro atoms. The van der Waals surface area contributed by atoms with Gasteiger partial charge in [0.1, 0.15) is 5.78 Å². The van der Waals surface area contributed by atoms with Crippen LogP contribution in [0.25, 0.3) is 5.41 Å². The van der Waals surface area contributed by atoms with Gasteiger partial charge >= 0.3 is 99.7 Å². The van der Waals surface area contributed by atoms with Gasteiger partial charge in [-0.1, -0.05) is 0 Å². The molecular weight excluding hydrogens is 619 g/mol. The number of carbonyl (C=O) groups is 1. The SMILES string of the molecule is COC1=C=[N+]=C(Cl)C=C1C1=CC(CCc2nccs2)CC(=O)C=C1[C-]=O.[N-]=C(C#CC1CC1)S[C-]=[Ni].[Ni+2]. The number of carbonyl (C=O) groups excluding carboxylic acids is 2. The summed E-state index contributed by atoms with van der Waals surface area (Å²) in [6.45, 7) is 0. The molecule has 1 aromatic heterocycles. The van der Waals surface area contributed by atoms with Crippen molar-refractivity contribution in [3.8, 4) is 11.8 Å². The fraction of sp³-hybridized carbons (Fsp3) is 0.308. The van der Waals surface area contributed by atoms with E-state index in [1.807, 2.05) is 17.7 Å². The van der Waals surface area contributed by atoms with E-state index in [1.165, 1.54) is 26.0 Å². The van der Waals surface area contributed by atoms with E-state index in [0.29, 0.717) is 29.2 Å². The number of aryl methyl sites for hydroxylation is 1. The zero-order valence-corrected chi connectivity index (χ0v) is 23.8. The van der Waals surface area contributed by atoms with Crippen LogP contribution in [-0.4, -0.2) is 44.6 Å². The molecule has 6 nitrogen and oxygen atoms in total. The van der Waals surface area contributed by atoms with E-state index < -0.39 is 0 Å². The number of thiazole rings is 1. The van der Waals surface area contributed by atoms with Crippen molar-refractivity contribution >= 4 is 67.2 Å². The number of aromatic nitrogens is 1. The topological polar surface area (TPSA) is 92.7 Å². The Morgan fingerprint density at radius 2 is 2.22 bits per heavy atom. The molecule has 1 atom stereocenters. The minimum absolute atomic E-state index is 0. The monoisotopic (exact) mass is 637 g/mol. The molecule has 1 aromatic rings. The molecule has 3 aliphatic rings. The van der Waals surface area contributed by atoms with Crippen molar-refractivity contribution in [2.24, 2.45) is 11.8 Å². The van der Waals surface area contributed by atoms with E-state index >= 15 is 0 Å². The molecule has 0 N–H and O–H groups in total. The van der Waals surface area contributed by atoms with Gasteiger partial charge in [0.2, 0.25) is 5.76 Å². The number of ether oxygens (including phenoxy) is 1. The summed E-state index contributed by atoms with van der Waals surface area (Å²) in [5.41, 5.74) is 1.31. The second-order valence-electron chi connectivity index (χ2n) is 7.79. The number of hydrogen-bond acceptors (Lipinski definition) is 6. The molecule has 1 aliphatic heterocycles.